The molecule has 1 saturated heterocycles. The van der Waals surface area contributed by atoms with Crippen LogP contribution in [0.4, 0.5) is 5.82 Å². The van der Waals surface area contributed by atoms with Crippen LogP contribution in [-0.4, -0.2) is 85.5 Å². The molecule has 0 aliphatic carbocycles. The van der Waals surface area contributed by atoms with E-state index in [9.17, 15) is 19.8 Å². The number of hydrogen-bond donors (Lipinski definition) is 3. The molecule has 0 radical (unpaired) electrons. The van der Waals surface area contributed by atoms with Crippen LogP contribution in [0.3, 0.4) is 0 Å². The summed E-state index contributed by atoms with van der Waals surface area (Å²) in [6.07, 6.45) is -2.35. The predicted octanol–water partition coefficient (Wildman–Crippen LogP) is 2.02. The number of rotatable bonds is 13. The Hall–Kier alpha value is -4.43. The van der Waals surface area contributed by atoms with E-state index in [1.165, 1.54) is 17.0 Å². The van der Waals surface area contributed by atoms with Gasteiger partial charge in [-0.1, -0.05) is 60.7 Å². The highest BCUT2D eigenvalue weighted by molar-refractivity contribution is 6.04. The normalized spacial score (nSPS) is 20.0. The number of nitrogens with zero attached hydrogens (tertiary/aromatic N) is 4. The van der Waals surface area contributed by atoms with Gasteiger partial charge in [-0.3, -0.25) is 0 Å². The number of aromatic nitrogens is 4. The lowest BCUT2D eigenvalue weighted by atomic mass is 9.93. The molecule has 232 valence electrons. The molecular formula is C31H35N5O8. The summed E-state index contributed by atoms with van der Waals surface area (Å²) < 4.78 is 24.0. The number of nitrogens with one attached hydrogen (secondary N) is 1. The van der Waals surface area contributed by atoms with E-state index in [0.29, 0.717) is 29.3 Å². The molecule has 0 spiro atoms. The number of carbonyl (C=O) groups excluding carboxylic acids is 2. The number of aliphatic hydroxyl groups excluding tert-OH is 2. The van der Waals surface area contributed by atoms with Crippen LogP contribution in [0.2, 0.25) is 0 Å². The molecule has 0 saturated carbocycles. The number of carbonyl (C=O) groups is 2. The van der Waals surface area contributed by atoms with E-state index in [2.05, 4.69) is 20.4 Å². The minimum atomic E-state index is -2.17. The SMILES string of the molecule is CCOC(=O)C(Cc1ccccc1)(OC[C@H]1O[C@@H](c2cnc3c(NCc4ccccc4)ncnn23)[C@H](O)[C@@H]1O)C(=O)OCC. The standard InChI is InChI=1S/C31H35N5O8/c1-3-41-29(39)31(30(40)42-4-2,15-20-11-7-5-8-12-20)43-18-23-24(37)25(38)26(44-23)22-17-33-28-27(34-19-35-36(22)28)32-16-21-13-9-6-10-14-21/h5-14,17,19,23-26,37-38H,3-4,15-16,18H2,1-2H3,(H,32,34,35)/t23-,24-,25-,26+/m1/s1. The first kappa shape index (κ1) is 31.0. The van der Waals surface area contributed by atoms with E-state index >= 15 is 0 Å². The van der Waals surface area contributed by atoms with Crippen LogP contribution in [0.15, 0.2) is 73.2 Å². The molecule has 3 heterocycles. The highest BCUT2D eigenvalue weighted by Crippen LogP contribution is 2.35. The second-order valence-corrected chi connectivity index (χ2v) is 10.2. The van der Waals surface area contributed by atoms with Crippen molar-refractivity contribution in [3.8, 4) is 0 Å². The van der Waals surface area contributed by atoms with E-state index in [1.54, 1.807) is 44.2 Å². The van der Waals surface area contributed by atoms with Crippen LogP contribution in [0, 0.1) is 0 Å². The van der Waals surface area contributed by atoms with E-state index in [-0.39, 0.29) is 19.6 Å². The molecule has 13 nitrogen and oxygen atoms in total. The van der Waals surface area contributed by atoms with Gasteiger partial charge in [-0.25, -0.2) is 24.1 Å². The van der Waals surface area contributed by atoms with Gasteiger partial charge in [0.05, 0.1) is 31.7 Å². The number of ether oxygens (including phenoxy) is 4. The van der Waals surface area contributed by atoms with E-state index in [0.717, 1.165) is 5.56 Å². The van der Waals surface area contributed by atoms with E-state index in [1.807, 2.05) is 30.3 Å². The van der Waals surface area contributed by atoms with Crippen LogP contribution < -0.4 is 5.32 Å². The molecule has 0 amide bonds. The van der Waals surface area contributed by atoms with Crippen LogP contribution >= 0.6 is 0 Å². The number of aliphatic hydroxyl groups is 2. The van der Waals surface area contributed by atoms with Gasteiger partial charge in [0.15, 0.2) is 11.5 Å². The smallest absolute Gasteiger partial charge is 0.350 e. The Bertz CT molecular complexity index is 1530. The number of esters is 2. The minimum Gasteiger partial charge on any atom is -0.463 e. The van der Waals surface area contributed by atoms with Crippen LogP contribution in [0.25, 0.3) is 5.65 Å². The zero-order valence-corrected chi connectivity index (χ0v) is 24.4. The molecule has 1 aliphatic rings. The molecule has 5 rings (SSSR count). The molecule has 1 aliphatic heterocycles. The third kappa shape index (κ3) is 6.40. The fourth-order valence-electron chi connectivity index (χ4n) is 5.07. The van der Waals surface area contributed by atoms with Crippen LogP contribution in [0.1, 0.15) is 36.8 Å². The Morgan fingerprint density at radius 3 is 2.20 bits per heavy atom. The molecule has 2 aromatic heterocycles. The van der Waals surface area contributed by atoms with E-state index < -0.39 is 48.6 Å². The Balaban J connectivity index is 1.36. The largest absolute Gasteiger partial charge is 0.463 e. The zero-order valence-electron chi connectivity index (χ0n) is 24.4. The lowest BCUT2D eigenvalue weighted by molar-refractivity contribution is -0.196. The summed E-state index contributed by atoms with van der Waals surface area (Å²) in [6.45, 7) is 3.29. The van der Waals surface area contributed by atoms with Crippen molar-refractivity contribution in [3.63, 3.8) is 0 Å². The van der Waals surface area contributed by atoms with Gasteiger partial charge >= 0.3 is 11.9 Å². The second kappa shape index (κ2) is 13.9. The van der Waals surface area contributed by atoms with E-state index in [4.69, 9.17) is 18.9 Å². The fraction of sp³-hybridized carbons (Fsp3) is 0.387. The first-order chi connectivity index (χ1) is 21.4. The number of benzene rings is 2. The van der Waals surface area contributed by atoms with Crippen molar-refractivity contribution < 1.29 is 38.7 Å². The van der Waals surface area contributed by atoms with Crippen LogP contribution in [0.5, 0.6) is 0 Å². The Kier molecular flexibility index (Phi) is 9.80. The van der Waals surface area contributed by atoms with Crippen molar-refractivity contribution in [2.24, 2.45) is 0 Å². The molecule has 0 bridgehead atoms. The van der Waals surface area contributed by atoms with Crippen molar-refractivity contribution in [2.45, 2.75) is 56.8 Å². The lowest BCUT2D eigenvalue weighted by Crippen LogP contribution is -2.54. The van der Waals surface area contributed by atoms with Gasteiger partial charge < -0.3 is 34.5 Å². The van der Waals surface area contributed by atoms with Crippen molar-refractivity contribution in [1.29, 1.82) is 0 Å². The van der Waals surface area contributed by atoms with Gasteiger partial charge in [0.25, 0.3) is 5.60 Å². The molecule has 1 fully saturated rings. The minimum absolute atomic E-state index is 0.000181. The molecule has 2 aromatic carbocycles. The van der Waals surface area contributed by atoms with Crippen LogP contribution in [-0.2, 0) is 41.5 Å². The summed E-state index contributed by atoms with van der Waals surface area (Å²) >= 11 is 0. The maximum absolute atomic E-state index is 13.3. The Morgan fingerprint density at radius 1 is 0.932 bits per heavy atom. The topological polar surface area (TPSA) is 167 Å². The average molecular weight is 606 g/mol. The quantitative estimate of drug-likeness (QED) is 0.150. The maximum Gasteiger partial charge on any atom is 0.350 e. The summed E-state index contributed by atoms with van der Waals surface area (Å²) in [4.78, 5) is 35.3. The highest BCUT2D eigenvalue weighted by atomic mass is 16.6. The van der Waals surface area contributed by atoms with Gasteiger partial charge in [0.1, 0.15) is 30.7 Å². The first-order valence-corrected chi connectivity index (χ1v) is 14.4. The van der Waals surface area contributed by atoms with Crippen molar-refractivity contribution >= 4 is 23.4 Å². The lowest BCUT2D eigenvalue weighted by Gasteiger charge is -2.30. The van der Waals surface area contributed by atoms with Gasteiger partial charge in [-0.2, -0.15) is 5.10 Å². The second-order valence-electron chi connectivity index (χ2n) is 10.2. The Morgan fingerprint density at radius 2 is 1.57 bits per heavy atom. The average Bonchev–Trinajstić information content (AvgIpc) is 3.60. The molecule has 13 heteroatoms. The highest BCUT2D eigenvalue weighted by Gasteiger charge is 2.53. The third-order valence-corrected chi connectivity index (χ3v) is 7.29. The molecule has 3 N–H and O–H groups in total. The summed E-state index contributed by atoms with van der Waals surface area (Å²) in [5, 5.41) is 29.5. The molecule has 4 aromatic rings. The predicted molar refractivity (Wildman–Crippen MR) is 156 cm³/mol. The molecule has 4 atom stereocenters. The Labute approximate surface area is 253 Å². The number of anilines is 1. The van der Waals surface area contributed by atoms with Gasteiger partial charge in [0, 0.05) is 13.0 Å². The number of hydrogen-bond acceptors (Lipinski definition) is 12. The van der Waals surface area contributed by atoms with Gasteiger partial charge in [-0.15, -0.1) is 0 Å². The zero-order chi connectivity index (χ0) is 31.1. The number of imidazole rings is 1. The molecule has 44 heavy (non-hydrogen) atoms. The van der Waals surface area contributed by atoms with Crippen molar-refractivity contribution in [1.82, 2.24) is 19.6 Å². The molecular weight excluding hydrogens is 570 g/mol. The first-order valence-electron chi connectivity index (χ1n) is 14.4. The monoisotopic (exact) mass is 605 g/mol. The number of fused-ring (bicyclic) bond motifs is 1. The summed E-state index contributed by atoms with van der Waals surface area (Å²) in [6, 6.07) is 18.6. The van der Waals surface area contributed by atoms with Gasteiger partial charge in [0.2, 0.25) is 0 Å². The summed E-state index contributed by atoms with van der Waals surface area (Å²) in [5.74, 6) is -1.39. The third-order valence-electron chi connectivity index (χ3n) is 7.29. The van der Waals surface area contributed by atoms with Crippen molar-refractivity contribution in [3.05, 3.63) is 90.0 Å². The fourth-order valence-corrected chi connectivity index (χ4v) is 5.07. The molecule has 0 unspecified atom stereocenters. The summed E-state index contributed by atoms with van der Waals surface area (Å²) in [5.41, 5.74) is 0.266. The maximum atomic E-state index is 13.3. The van der Waals surface area contributed by atoms with Crippen molar-refractivity contribution in [2.75, 3.05) is 25.1 Å². The summed E-state index contributed by atoms with van der Waals surface area (Å²) in [7, 11) is 0. The van der Waals surface area contributed by atoms with Gasteiger partial charge in [-0.05, 0) is 25.0 Å².